The second-order valence-corrected chi connectivity index (χ2v) is 10.2. The van der Waals surface area contributed by atoms with E-state index in [1.807, 2.05) is 31.2 Å². The maximum Gasteiger partial charge on any atom is 0.239 e. The van der Waals surface area contributed by atoms with Crippen molar-refractivity contribution >= 4 is 78.9 Å². The minimum absolute atomic E-state index is 0.158. The van der Waals surface area contributed by atoms with E-state index in [2.05, 4.69) is 20.5 Å². The molecule has 0 aliphatic heterocycles. The van der Waals surface area contributed by atoms with Gasteiger partial charge in [-0.2, -0.15) is 0 Å². The van der Waals surface area contributed by atoms with Crippen molar-refractivity contribution < 1.29 is 4.79 Å². The summed E-state index contributed by atoms with van der Waals surface area (Å²) in [5.74, 6) is -0.158. The van der Waals surface area contributed by atoms with Crippen LogP contribution in [0.15, 0.2) is 46.8 Å². The average molecular weight is 467 g/mol. The molecule has 1 atom stereocenters. The van der Waals surface area contributed by atoms with Crippen LogP contribution >= 0.6 is 57.6 Å². The van der Waals surface area contributed by atoms with E-state index < -0.39 is 0 Å². The number of halogens is 2. The first kappa shape index (κ1) is 19.6. The van der Waals surface area contributed by atoms with Crippen molar-refractivity contribution in [3.8, 4) is 10.6 Å². The predicted octanol–water partition coefficient (Wildman–Crippen LogP) is 6.24. The zero-order valence-corrected chi connectivity index (χ0v) is 18.3. The first-order valence-corrected chi connectivity index (χ1v) is 11.4. The fourth-order valence-electron chi connectivity index (χ4n) is 2.36. The van der Waals surface area contributed by atoms with E-state index in [0.717, 1.165) is 20.1 Å². The van der Waals surface area contributed by atoms with Crippen LogP contribution in [0.2, 0.25) is 10.0 Å². The van der Waals surface area contributed by atoms with E-state index in [1.165, 1.54) is 23.1 Å². The molecule has 1 N–H and O–H groups in total. The van der Waals surface area contributed by atoms with Gasteiger partial charge in [0.2, 0.25) is 11.0 Å². The minimum Gasteiger partial charge on any atom is -0.300 e. The molecule has 1 amide bonds. The number of thiazole rings is 1. The SMILES string of the molecule is CC(Sc1nc2ccccc2s1)C(=O)Nc1nnc(-c2ccc(Cl)cc2Cl)s1. The number of nitrogens with one attached hydrogen (secondary N) is 1. The summed E-state index contributed by atoms with van der Waals surface area (Å²) in [7, 11) is 0. The molecule has 0 saturated carbocycles. The first-order valence-electron chi connectivity index (χ1n) is 8.11. The van der Waals surface area contributed by atoms with E-state index in [-0.39, 0.29) is 11.2 Å². The van der Waals surface area contributed by atoms with Crippen molar-refractivity contribution in [1.29, 1.82) is 0 Å². The Bertz CT molecular complexity index is 1130. The number of benzene rings is 2. The predicted molar refractivity (Wildman–Crippen MR) is 119 cm³/mol. The molecule has 10 heteroatoms. The number of carbonyl (C=O) groups excluding carboxylic acids is 1. The Morgan fingerprint density at radius 3 is 2.75 bits per heavy atom. The third kappa shape index (κ3) is 4.31. The highest BCUT2D eigenvalue weighted by atomic mass is 35.5. The van der Waals surface area contributed by atoms with Crippen molar-refractivity contribution in [3.63, 3.8) is 0 Å². The summed E-state index contributed by atoms with van der Waals surface area (Å²) in [5, 5.41) is 12.7. The number of para-hydroxylation sites is 1. The van der Waals surface area contributed by atoms with Crippen LogP contribution in [0.3, 0.4) is 0 Å². The molecule has 142 valence electrons. The van der Waals surface area contributed by atoms with Gasteiger partial charge < -0.3 is 0 Å². The number of amides is 1. The molecule has 0 saturated heterocycles. The van der Waals surface area contributed by atoms with Crippen molar-refractivity contribution in [2.45, 2.75) is 16.5 Å². The summed E-state index contributed by atoms with van der Waals surface area (Å²) in [6.45, 7) is 1.84. The first-order chi connectivity index (χ1) is 13.5. The van der Waals surface area contributed by atoms with Gasteiger partial charge in [-0.15, -0.1) is 21.5 Å². The van der Waals surface area contributed by atoms with E-state index in [1.54, 1.807) is 29.5 Å². The van der Waals surface area contributed by atoms with Gasteiger partial charge in [0.15, 0.2) is 9.35 Å². The highest BCUT2D eigenvalue weighted by Gasteiger charge is 2.19. The summed E-state index contributed by atoms with van der Waals surface area (Å²) in [6.07, 6.45) is 0. The van der Waals surface area contributed by atoms with E-state index in [0.29, 0.717) is 20.2 Å². The summed E-state index contributed by atoms with van der Waals surface area (Å²) < 4.78 is 1.96. The Kier molecular flexibility index (Phi) is 5.84. The van der Waals surface area contributed by atoms with Crippen LogP contribution in [-0.4, -0.2) is 26.3 Å². The minimum atomic E-state index is -0.327. The second-order valence-electron chi connectivity index (χ2n) is 5.73. The van der Waals surface area contributed by atoms with Gasteiger partial charge in [-0.25, -0.2) is 4.98 Å². The number of anilines is 1. The molecule has 0 aliphatic carbocycles. The zero-order chi connectivity index (χ0) is 19.7. The Morgan fingerprint density at radius 1 is 1.14 bits per heavy atom. The number of carbonyl (C=O) groups is 1. The maximum absolute atomic E-state index is 12.5. The smallest absolute Gasteiger partial charge is 0.239 e. The lowest BCUT2D eigenvalue weighted by atomic mass is 10.2. The van der Waals surface area contributed by atoms with Gasteiger partial charge in [-0.05, 0) is 37.3 Å². The molecule has 0 spiro atoms. The zero-order valence-electron chi connectivity index (χ0n) is 14.3. The fraction of sp³-hybridized carbons (Fsp3) is 0.111. The van der Waals surface area contributed by atoms with Crippen LogP contribution in [0.4, 0.5) is 5.13 Å². The highest BCUT2D eigenvalue weighted by molar-refractivity contribution is 8.02. The molecule has 1 unspecified atom stereocenters. The molecule has 0 radical (unpaired) electrons. The molecule has 0 bridgehead atoms. The standard InChI is InChI=1S/C18H12Cl2N4OS3/c1-9(26-18-21-13-4-2-3-5-14(13)27-18)15(25)22-17-24-23-16(28-17)11-7-6-10(19)8-12(11)20/h2-9H,1H3,(H,22,24,25). The van der Waals surface area contributed by atoms with E-state index in [9.17, 15) is 4.79 Å². The monoisotopic (exact) mass is 466 g/mol. The van der Waals surface area contributed by atoms with Gasteiger partial charge in [-0.1, -0.05) is 58.4 Å². The molecule has 28 heavy (non-hydrogen) atoms. The number of fused-ring (bicyclic) bond motifs is 1. The number of rotatable bonds is 5. The van der Waals surface area contributed by atoms with Crippen LogP contribution < -0.4 is 5.32 Å². The normalized spacial score (nSPS) is 12.2. The molecule has 2 heterocycles. The largest absolute Gasteiger partial charge is 0.300 e. The topological polar surface area (TPSA) is 67.8 Å². The van der Waals surface area contributed by atoms with E-state index in [4.69, 9.17) is 23.2 Å². The summed E-state index contributed by atoms with van der Waals surface area (Å²) >= 11 is 16.4. The lowest BCUT2D eigenvalue weighted by Gasteiger charge is -2.07. The fourth-order valence-corrected chi connectivity index (χ4v) is 5.91. The molecular weight excluding hydrogens is 455 g/mol. The van der Waals surface area contributed by atoms with E-state index >= 15 is 0 Å². The Labute approximate surface area is 183 Å². The molecule has 5 nitrogen and oxygen atoms in total. The van der Waals surface area contributed by atoms with Crippen LogP contribution in [0.25, 0.3) is 20.8 Å². The Balaban J connectivity index is 1.43. The van der Waals surface area contributed by atoms with Crippen LogP contribution in [0.1, 0.15) is 6.92 Å². The van der Waals surface area contributed by atoms with Crippen molar-refractivity contribution in [2.24, 2.45) is 0 Å². The molecule has 4 aromatic rings. The Hall–Kier alpha value is -1.71. The van der Waals surface area contributed by atoms with Gasteiger partial charge in [0.1, 0.15) is 0 Å². The van der Waals surface area contributed by atoms with Crippen LogP contribution in [0, 0.1) is 0 Å². The molecular formula is C18H12Cl2N4OS3. The maximum atomic E-state index is 12.5. The van der Waals surface area contributed by atoms with Crippen molar-refractivity contribution in [3.05, 3.63) is 52.5 Å². The molecule has 2 aromatic heterocycles. The third-order valence-corrected chi connectivity index (χ3v) is 7.39. The van der Waals surface area contributed by atoms with Crippen molar-refractivity contribution in [1.82, 2.24) is 15.2 Å². The van der Waals surface area contributed by atoms with Gasteiger partial charge in [-0.3, -0.25) is 10.1 Å². The number of hydrogen-bond donors (Lipinski definition) is 1. The Morgan fingerprint density at radius 2 is 1.96 bits per heavy atom. The molecule has 4 rings (SSSR count). The summed E-state index contributed by atoms with van der Waals surface area (Å²) in [5.41, 5.74) is 1.66. The number of aromatic nitrogens is 3. The number of nitrogens with zero attached hydrogens (tertiary/aromatic N) is 3. The quantitative estimate of drug-likeness (QED) is 0.352. The van der Waals surface area contributed by atoms with Crippen LogP contribution in [-0.2, 0) is 4.79 Å². The molecule has 0 fully saturated rings. The van der Waals surface area contributed by atoms with Crippen molar-refractivity contribution in [2.75, 3.05) is 5.32 Å². The van der Waals surface area contributed by atoms with Gasteiger partial charge in [0.05, 0.1) is 20.5 Å². The molecule has 0 aliphatic rings. The van der Waals surface area contributed by atoms with Crippen LogP contribution in [0.5, 0.6) is 0 Å². The second kappa shape index (κ2) is 8.34. The molecule has 2 aromatic carbocycles. The van der Waals surface area contributed by atoms with Gasteiger partial charge in [0, 0.05) is 10.6 Å². The average Bonchev–Trinajstić information content (AvgIpc) is 3.27. The summed E-state index contributed by atoms with van der Waals surface area (Å²) in [4.78, 5) is 17.1. The lowest BCUT2D eigenvalue weighted by Crippen LogP contribution is -2.22. The number of thioether (sulfide) groups is 1. The lowest BCUT2D eigenvalue weighted by molar-refractivity contribution is -0.115. The van der Waals surface area contributed by atoms with Gasteiger partial charge in [0.25, 0.3) is 0 Å². The summed E-state index contributed by atoms with van der Waals surface area (Å²) in [6, 6.07) is 13.1. The highest BCUT2D eigenvalue weighted by Crippen LogP contribution is 2.35. The third-order valence-electron chi connectivity index (χ3n) is 3.74. The van der Waals surface area contributed by atoms with Gasteiger partial charge >= 0.3 is 0 Å². The number of hydrogen-bond acceptors (Lipinski definition) is 7.